The van der Waals surface area contributed by atoms with E-state index >= 15 is 0 Å². The molecule has 1 amide bonds. The minimum Gasteiger partial charge on any atom is -0.316 e. The Labute approximate surface area is 95.9 Å². The third-order valence-electron chi connectivity index (χ3n) is 2.11. The highest BCUT2D eigenvalue weighted by Crippen LogP contribution is 2.18. The summed E-state index contributed by atoms with van der Waals surface area (Å²) in [6.07, 6.45) is 1.38. The van der Waals surface area contributed by atoms with Crippen LogP contribution in [0.3, 0.4) is 0 Å². The lowest BCUT2D eigenvalue weighted by Gasteiger charge is -1.98. The first kappa shape index (κ1) is 10.6. The number of allylic oxidation sites excluding steroid dienone is 1. The van der Waals surface area contributed by atoms with Crippen LogP contribution in [0.15, 0.2) is 30.0 Å². The summed E-state index contributed by atoms with van der Waals surface area (Å²) in [7, 11) is 0. The molecule has 0 radical (unpaired) electrons. The minimum absolute atomic E-state index is 0.0388. The molecule has 5 heteroatoms. The largest absolute Gasteiger partial charge is 0.316 e. The number of rotatable bonds is 1. The van der Waals surface area contributed by atoms with Gasteiger partial charge in [0.15, 0.2) is 0 Å². The molecule has 16 heavy (non-hydrogen) atoms. The number of Topliss-reactive ketones (excluding diaryl/α,β-unsaturated/α-hetero) is 2. The van der Waals surface area contributed by atoms with Crippen molar-refractivity contribution in [1.82, 2.24) is 5.32 Å². The maximum atomic E-state index is 11.3. The molecule has 1 aliphatic rings. The fraction of sp³-hybridized carbons (Fsp3) is 0. The molecule has 0 unspecified atom stereocenters. The number of nitrogens with one attached hydrogen (secondary N) is 1. The lowest BCUT2D eigenvalue weighted by atomic mass is 10.1. The van der Waals surface area contributed by atoms with Crippen molar-refractivity contribution in [3.05, 3.63) is 40.5 Å². The monoisotopic (exact) mass is 235 g/mol. The molecule has 0 aromatic heterocycles. The van der Waals surface area contributed by atoms with E-state index in [4.69, 9.17) is 11.6 Å². The van der Waals surface area contributed by atoms with E-state index < -0.39 is 17.5 Å². The third-order valence-corrected chi connectivity index (χ3v) is 2.45. The molecule has 2 rings (SSSR count). The molecule has 1 fully saturated rings. The Hall–Kier alpha value is -1.94. The van der Waals surface area contributed by atoms with Crippen molar-refractivity contribution in [3.63, 3.8) is 0 Å². The Kier molecular flexibility index (Phi) is 2.58. The SMILES string of the molecule is O=C1NC(=Cc2ccccc2Cl)C(=O)C1=O. The van der Waals surface area contributed by atoms with Crippen molar-refractivity contribution in [3.8, 4) is 0 Å². The lowest BCUT2D eigenvalue weighted by Crippen LogP contribution is -2.18. The molecule has 0 saturated carbocycles. The summed E-state index contributed by atoms with van der Waals surface area (Å²) in [6, 6.07) is 6.81. The zero-order chi connectivity index (χ0) is 11.7. The van der Waals surface area contributed by atoms with Gasteiger partial charge in [-0.1, -0.05) is 29.8 Å². The van der Waals surface area contributed by atoms with Crippen LogP contribution in [-0.4, -0.2) is 17.5 Å². The van der Waals surface area contributed by atoms with Gasteiger partial charge in [-0.25, -0.2) is 0 Å². The van der Waals surface area contributed by atoms with Gasteiger partial charge in [0.25, 0.3) is 11.6 Å². The summed E-state index contributed by atoms with van der Waals surface area (Å²) in [5, 5.41) is 2.63. The molecule has 80 valence electrons. The van der Waals surface area contributed by atoms with Gasteiger partial charge in [0.1, 0.15) is 0 Å². The predicted octanol–water partition coefficient (Wildman–Crippen LogP) is 0.949. The average Bonchev–Trinajstić information content (AvgIpc) is 2.50. The number of hydrogen-bond donors (Lipinski definition) is 1. The number of carbonyl (C=O) groups is 3. The molecule has 0 bridgehead atoms. The van der Waals surface area contributed by atoms with E-state index in [1.165, 1.54) is 6.08 Å². The first-order valence-corrected chi connectivity index (χ1v) is 4.83. The van der Waals surface area contributed by atoms with Crippen LogP contribution in [0, 0.1) is 0 Å². The van der Waals surface area contributed by atoms with E-state index in [9.17, 15) is 14.4 Å². The van der Waals surface area contributed by atoms with Crippen molar-refractivity contribution in [2.75, 3.05) is 0 Å². The fourth-order valence-electron chi connectivity index (χ4n) is 1.31. The zero-order valence-corrected chi connectivity index (χ0v) is 8.75. The lowest BCUT2D eigenvalue weighted by molar-refractivity contribution is -0.140. The standard InChI is InChI=1S/C11H6ClNO3/c12-7-4-2-1-3-6(7)5-8-9(14)10(15)11(16)13-8/h1-5H,(H,13,16). The molecule has 4 nitrogen and oxygen atoms in total. The van der Waals surface area contributed by atoms with Gasteiger partial charge in [0.2, 0.25) is 0 Å². The van der Waals surface area contributed by atoms with Crippen LogP contribution in [0.4, 0.5) is 0 Å². The van der Waals surface area contributed by atoms with Gasteiger partial charge in [-0.3, -0.25) is 14.4 Å². The quantitative estimate of drug-likeness (QED) is 0.582. The van der Waals surface area contributed by atoms with E-state index in [0.29, 0.717) is 10.6 Å². The maximum absolute atomic E-state index is 11.3. The molecule has 1 heterocycles. The van der Waals surface area contributed by atoms with Gasteiger partial charge < -0.3 is 5.32 Å². The summed E-state index contributed by atoms with van der Waals surface area (Å²) in [5.74, 6) is -2.77. The van der Waals surface area contributed by atoms with Crippen LogP contribution >= 0.6 is 11.6 Å². The second kappa shape index (κ2) is 3.90. The van der Waals surface area contributed by atoms with Crippen molar-refractivity contribution >= 4 is 35.2 Å². The van der Waals surface area contributed by atoms with Crippen molar-refractivity contribution < 1.29 is 14.4 Å². The minimum atomic E-state index is -1.04. The summed E-state index contributed by atoms with van der Waals surface area (Å²) in [5.41, 5.74) is 0.533. The summed E-state index contributed by atoms with van der Waals surface area (Å²) in [6.45, 7) is 0. The highest BCUT2D eigenvalue weighted by Gasteiger charge is 2.34. The van der Waals surface area contributed by atoms with Crippen LogP contribution in [0.2, 0.25) is 5.02 Å². The number of benzene rings is 1. The van der Waals surface area contributed by atoms with Gasteiger partial charge in [-0.15, -0.1) is 0 Å². The van der Waals surface area contributed by atoms with E-state index in [2.05, 4.69) is 5.32 Å². The molecule has 1 aromatic rings. The Morgan fingerprint density at radius 1 is 1.06 bits per heavy atom. The van der Waals surface area contributed by atoms with E-state index in [0.717, 1.165) is 0 Å². The summed E-state index contributed by atoms with van der Waals surface area (Å²) >= 11 is 5.87. The number of carbonyl (C=O) groups excluding carboxylic acids is 3. The smallest absolute Gasteiger partial charge is 0.300 e. The Bertz CT molecular complexity index is 534. The fourth-order valence-corrected chi connectivity index (χ4v) is 1.50. The molecule has 1 aliphatic heterocycles. The molecule has 1 saturated heterocycles. The van der Waals surface area contributed by atoms with Crippen LogP contribution in [0.1, 0.15) is 5.56 Å². The first-order valence-electron chi connectivity index (χ1n) is 4.46. The van der Waals surface area contributed by atoms with Crippen LogP contribution in [-0.2, 0) is 14.4 Å². The molecular formula is C11H6ClNO3. The normalized spacial score (nSPS) is 18.1. The summed E-state index contributed by atoms with van der Waals surface area (Å²) in [4.78, 5) is 33.2. The third kappa shape index (κ3) is 1.75. The number of hydrogen-bond acceptors (Lipinski definition) is 3. The summed E-state index contributed by atoms with van der Waals surface area (Å²) < 4.78 is 0. The van der Waals surface area contributed by atoms with Crippen LogP contribution in [0.25, 0.3) is 6.08 Å². The van der Waals surface area contributed by atoms with Gasteiger partial charge in [-0.05, 0) is 17.7 Å². The molecule has 0 spiro atoms. The van der Waals surface area contributed by atoms with Crippen molar-refractivity contribution in [2.24, 2.45) is 0 Å². The van der Waals surface area contributed by atoms with E-state index in [-0.39, 0.29) is 5.70 Å². The maximum Gasteiger partial charge on any atom is 0.300 e. The van der Waals surface area contributed by atoms with Gasteiger partial charge in [0.05, 0.1) is 5.70 Å². The predicted molar refractivity (Wildman–Crippen MR) is 57.6 cm³/mol. The van der Waals surface area contributed by atoms with Gasteiger partial charge in [0, 0.05) is 5.02 Å². The molecule has 0 aliphatic carbocycles. The Morgan fingerprint density at radius 2 is 1.75 bits per heavy atom. The Morgan fingerprint density at radius 3 is 2.31 bits per heavy atom. The van der Waals surface area contributed by atoms with Crippen molar-refractivity contribution in [1.29, 1.82) is 0 Å². The van der Waals surface area contributed by atoms with Gasteiger partial charge in [-0.2, -0.15) is 0 Å². The second-order valence-corrected chi connectivity index (χ2v) is 3.60. The molecule has 1 N–H and O–H groups in total. The Balaban J connectivity index is 2.40. The zero-order valence-electron chi connectivity index (χ0n) is 7.99. The van der Waals surface area contributed by atoms with E-state index in [1.807, 2.05) is 0 Å². The average molecular weight is 236 g/mol. The number of amides is 1. The molecule has 0 atom stereocenters. The molecule has 1 aromatic carbocycles. The molecular weight excluding hydrogens is 230 g/mol. The highest BCUT2D eigenvalue weighted by atomic mass is 35.5. The van der Waals surface area contributed by atoms with Crippen molar-refractivity contribution in [2.45, 2.75) is 0 Å². The first-order chi connectivity index (χ1) is 7.59. The topological polar surface area (TPSA) is 63.2 Å². The van der Waals surface area contributed by atoms with E-state index in [1.54, 1.807) is 24.3 Å². The van der Waals surface area contributed by atoms with Crippen LogP contribution in [0.5, 0.6) is 0 Å². The van der Waals surface area contributed by atoms with Gasteiger partial charge >= 0.3 is 5.91 Å². The number of halogens is 1. The second-order valence-electron chi connectivity index (χ2n) is 3.19. The highest BCUT2D eigenvalue weighted by molar-refractivity contribution is 6.71. The number of ketones is 2. The van der Waals surface area contributed by atoms with Crippen LogP contribution < -0.4 is 5.32 Å².